The molecule has 53 heavy (non-hydrogen) atoms. The summed E-state index contributed by atoms with van der Waals surface area (Å²) in [5.41, 5.74) is -3.92. The molecule has 8 nitrogen and oxygen atoms in total. The predicted octanol–water partition coefficient (Wildman–Crippen LogP) is 8.93. The third-order valence-corrected chi connectivity index (χ3v) is 9.67. The van der Waals surface area contributed by atoms with Gasteiger partial charge in [0.25, 0.3) is 0 Å². The lowest BCUT2D eigenvalue weighted by atomic mass is 9.97. The Bertz CT molecular complexity index is 1650. The minimum absolute atomic E-state index is 0.0151. The molecular formula is C36H41F9N6O2. The van der Waals surface area contributed by atoms with Gasteiger partial charge in [-0.15, -0.1) is 0 Å². The summed E-state index contributed by atoms with van der Waals surface area (Å²) in [6, 6.07) is 2.07. The average Bonchev–Trinajstić information content (AvgIpc) is 3.63. The van der Waals surface area contributed by atoms with Crippen molar-refractivity contribution in [1.29, 1.82) is 0 Å². The number of alkyl halides is 9. The van der Waals surface area contributed by atoms with Gasteiger partial charge in [0.05, 0.1) is 47.3 Å². The number of halogens is 9. The molecule has 0 atom stereocenters. The summed E-state index contributed by atoms with van der Waals surface area (Å²) in [6.45, 7) is 4.62. The summed E-state index contributed by atoms with van der Waals surface area (Å²) in [4.78, 5) is 30.2. The molecule has 0 bridgehead atoms. The molecule has 1 aliphatic carbocycles. The van der Waals surface area contributed by atoms with Gasteiger partial charge in [-0.3, -0.25) is 4.79 Å². The number of hydrogen-bond donors (Lipinski definition) is 0. The van der Waals surface area contributed by atoms with E-state index in [-0.39, 0.29) is 47.8 Å². The third kappa shape index (κ3) is 10.2. The normalized spacial score (nSPS) is 16.2. The number of carbonyl (C=O) groups is 1. The average molecular weight is 761 g/mol. The van der Waals surface area contributed by atoms with Gasteiger partial charge in [-0.2, -0.15) is 39.5 Å². The number of ether oxygens (including phenoxy) is 1. The van der Waals surface area contributed by atoms with Gasteiger partial charge in [0.15, 0.2) is 0 Å². The van der Waals surface area contributed by atoms with Crippen LogP contribution in [-0.4, -0.2) is 53.7 Å². The molecule has 5 rings (SSSR count). The van der Waals surface area contributed by atoms with E-state index in [1.165, 1.54) is 17.3 Å². The van der Waals surface area contributed by atoms with E-state index in [1.807, 2.05) is 16.7 Å². The van der Waals surface area contributed by atoms with Gasteiger partial charge in [-0.1, -0.05) is 12.8 Å². The van der Waals surface area contributed by atoms with E-state index < -0.39 is 53.9 Å². The molecular weight excluding hydrogens is 719 g/mol. The Morgan fingerprint density at radius 3 is 1.87 bits per heavy atom. The molecule has 17 heteroatoms. The van der Waals surface area contributed by atoms with Crippen molar-refractivity contribution in [3.63, 3.8) is 0 Å². The zero-order valence-corrected chi connectivity index (χ0v) is 29.3. The number of anilines is 3. The highest BCUT2D eigenvalue weighted by molar-refractivity contribution is 5.72. The smallest absolute Gasteiger partial charge is 0.417 e. The van der Waals surface area contributed by atoms with Crippen molar-refractivity contribution in [1.82, 2.24) is 15.0 Å². The Kier molecular flexibility index (Phi) is 12.3. The van der Waals surface area contributed by atoms with Crippen LogP contribution in [0.4, 0.5) is 57.0 Å². The summed E-state index contributed by atoms with van der Waals surface area (Å²) in [7, 11) is 0. The number of pyridine rings is 1. The van der Waals surface area contributed by atoms with E-state index >= 15 is 0 Å². The van der Waals surface area contributed by atoms with Crippen molar-refractivity contribution in [2.75, 3.05) is 47.5 Å². The van der Waals surface area contributed by atoms with Crippen molar-refractivity contribution in [2.45, 2.75) is 84.0 Å². The lowest BCUT2D eigenvalue weighted by molar-refractivity contribution is -0.148. The molecule has 290 valence electrons. The van der Waals surface area contributed by atoms with Crippen LogP contribution in [0, 0.1) is 11.8 Å². The van der Waals surface area contributed by atoms with Crippen LogP contribution < -0.4 is 14.7 Å². The van der Waals surface area contributed by atoms with Crippen LogP contribution >= 0.6 is 0 Å². The third-order valence-electron chi connectivity index (χ3n) is 9.67. The second-order valence-electron chi connectivity index (χ2n) is 13.4. The number of hydrogen-bond acceptors (Lipinski definition) is 8. The van der Waals surface area contributed by atoms with Gasteiger partial charge in [-0.05, 0) is 75.3 Å². The van der Waals surface area contributed by atoms with Gasteiger partial charge in [0, 0.05) is 51.0 Å². The standard InChI is InChI=1S/C36H41F9N6O2/c1-3-49(20-23-7-5-6-8-23)31-26(15-29(17-46-31)36(43,44)45)22-51(21-24-13-27(34(37,38)39)16-28(14-24)35(40,41)42)33-47-18-30(19-48-33)50-11-9-25(10-12-50)32(52)53-4-2/h13-19,23,25H,3-12,20-22H2,1-2H3. The molecule has 1 aliphatic heterocycles. The first-order valence-electron chi connectivity index (χ1n) is 17.5. The molecule has 0 unspecified atom stereocenters. The quantitative estimate of drug-likeness (QED) is 0.134. The van der Waals surface area contributed by atoms with Crippen molar-refractivity contribution in [3.05, 3.63) is 70.7 Å². The lowest BCUT2D eigenvalue weighted by Gasteiger charge is -2.32. The van der Waals surface area contributed by atoms with Crippen LogP contribution in [0.1, 0.15) is 80.2 Å². The van der Waals surface area contributed by atoms with Crippen LogP contribution in [0.3, 0.4) is 0 Å². The lowest BCUT2D eigenvalue weighted by Crippen LogP contribution is -2.37. The molecule has 0 radical (unpaired) electrons. The topological polar surface area (TPSA) is 74.7 Å². The van der Waals surface area contributed by atoms with E-state index in [9.17, 15) is 44.3 Å². The number of aromatic nitrogens is 3. The molecule has 2 fully saturated rings. The first-order chi connectivity index (χ1) is 25.0. The largest absolute Gasteiger partial charge is 0.466 e. The Morgan fingerprint density at radius 1 is 0.755 bits per heavy atom. The second-order valence-corrected chi connectivity index (χ2v) is 13.4. The number of benzene rings is 1. The summed E-state index contributed by atoms with van der Waals surface area (Å²) < 4.78 is 130. The summed E-state index contributed by atoms with van der Waals surface area (Å²) in [5, 5.41) is 0. The van der Waals surface area contributed by atoms with E-state index in [1.54, 1.807) is 6.92 Å². The Balaban J connectivity index is 1.53. The fourth-order valence-electron chi connectivity index (χ4n) is 6.94. The minimum Gasteiger partial charge on any atom is -0.466 e. The number of carbonyl (C=O) groups excluding carboxylic acids is 1. The van der Waals surface area contributed by atoms with Gasteiger partial charge in [-0.25, -0.2) is 15.0 Å². The highest BCUT2D eigenvalue weighted by Gasteiger charge is 2.38. The molecule has 3 aromatic rings. The second kappa shape index (κ2) is 16.4. The number of esters is 1. The molecule has 1 saturated heterocycles. The SMILES string of the molecule is CCOC(=O)C1CCN(c2cnc(N(Cc3cc(C(F)(F)F)cc(C(F)(F)F)c3)Cc3cc(C(F)(F)F)cnc3N(CC)CC3CCCC3)nc2)CC1. The predicted molar refractivity (Wildman–Crippen MR) is 179 cm³/mol. The van der Waals surface area contributed by atoms with Gasteiger partial charge in [0.2, 0.25) is 5.95 Å². The summed E-state index contributed by atoms with van der Waals surface area (Å²) in [6.07, 6.45) is -6.49. The van der Waals surface area contributed by atoms with Crippen molar-refractivity contribution >= 4 is 23.4 Å². The van der Waals surface area contributed by atoms with Crippen molar-refractivity contribution in [2.24, 2.45) is 11.8 Å². The zero-order chi connectivity index (χ0) is 38.6. The van der Waals surface area contributed by atoms with Crippen molar-refractivity contribution < 1.29 is 49.0 Å². The van der Waals surface area contributed by atoms with E-state index in [0.717, 1.165) is 37.9 Å². The highest BCUT2D eigenvalue weighted by Crippen LogP contribution is 2.38. The molecule has 3 heterocycles. The molecule has 1 aromatic carbocycles. The molecule has 0 spiro atoms. The fourth-order valence-corrected chi connectivity index (χ4v) is 6.94. The van der Waals surface area contributed by atoms with Gasteiger partial charge < -0.3 is 19.4 Å². The van der Waals surface area contributed by atoms with Gasteiger partial charge >= 0.3 is 24.5 Å². The van der Waals surface area contributed by atoms with Crippen LogP contribution in [-0.2, 0) is 41.1 Å². The molecule has 2 aromatic heterocycles. The highest BCUT2D eigenvalue weighted by atomic mass is 19.4. The number of nitrogens with zero attached hydrogens (tertiary/aromatic N) is 6. The maximum absolute atomic E-state index is 14.0. The van der Waals surface area contributed by atoms with Crippen LogP contribution in [0.25, 0.3) is 0 Å². The first kappa shape index (κ1) is 39.9. The Labute approximate surface area is 301 Å². The zero-order valence-electron chi connectivity index (χ0n) is 29.3. The molecule has 0 amide bonds. The fraction of sp³-hybridized carbons (Fsp3) is 0.556. The minimum atomic E-state index is -5.11. The number of piperidine rings is 1. The summed E-state index contributed by atoms with van der Waals surface area (Å²) in [5.74, 6) is -0.192. The number of rotatable bonds is 12. The van der Waals surface area contributed by atoms with E-state index in [0.29, 0.717) is 56.8 Å². The van der Waals surface area contributed by atoms with Crippen LogP contribution in [0.15, 0.2) is 42.9 Å². The van der Waals surface area contributed by atoms with Crippen LogP contribution in [0.5, 0.6) is 0 Å². The van der Waals surface area contributed by atoms with Gasteiger partial charge in [0.1, 0.15) is 5.82 Å². The van der Waals surface area contributed by atoms with Crippen LogP contribution in [0.2, 0.25) is 0 Å². The monoisotopic (exact) mass is 760 g/mol. The van der Waals surface area contributed by atoms with E-state index in [4.69, 9.17) is 4.74 Å². The molecule has 2 aliphatic rings. The maximum Gasteiger partial charge on any atom is 0.417 e. The first-order valence-corrected chi connectivity index (χ1v) is 17.5. The summed E-state index contributed by atoms with van der Waals surface area (Å²) >= 11 is 0. The Hall–Kier alpha value is -4.31. The maximum atomic E-state index is 14.0. The Morgan fingerprint density at radius 2 is 1.34 bits per heavy atom. The van der Waals surface area contributed by atoms with E-state index in [2.05, 4.69) is 15.0 Å². The molecule has 1 saturated carbocycles. The molecule has 0 N–H and O–H groups in total. The van der Waals surface area contributed by atoms with Crippen molar-refractivity contribution in [3.8, 4) is 0 Å².